The van der Waals surface area contributed by atoms with Gasteiger partial charge in [-0.05, 0) is 6.42 Å². The number of nitrogens with two attached hydrogens (primary N) is 1. The predicted molar refractivity (Wildman–Crippen MR) is 58.6 cm³/mol. The van der Waals surface area contributed by atoms with Gasteiger partial charge in [-0.15, -0.1) is 0 Å². The molecule has 0 aromatic carbocycles. The van der Waals surface area contributed by atoms with E-state index in [4.69, 9.17) is 15.2 Å². The maximum absolute atomic E-state index is 11.5. The van der Waals surface area contributed by atoms with E-state index in [9.17, 15) is 4.79 Å². The van der Waals surface area contributed by atoms with Gasteiger partial charge in [-0.1, -0.05) is 6.92 Å². The molecule has 0 aromatic rings. The molecular weight excluding hydrogens is 196 g/mol. The van der Waals surface area contributed by atoms with Crippen LogP contribution in [0.5, 0.6) is 0 Å². The van der Waals surface area contributed by atoms with Crippen molar-refractivity contribution in [1.29, 1.82) is 0 Å². The molecule has 2 N–H and O–H groups in total. The fourth-order valence-corrected chi connectivity index (χ4v) is 1.13. The number of likely N-dealkylation sites (N-methyl/N-ethyl adjacent to an activating group) is 1. The van der Waals surface area contributed by atoms with Gasteiger partial charge in [-0.3, -0.25) is 4.79 Å². The number of amides is 1. The molecular formula is C10H22N2O3. The molecule has 0 fully saturated rings. The van der Waals surface area contributed by atoms with Crippen molar-refractivity contribution in [3.05, 3.63) is 0 Å². The first-order valence-corrected chi connectivity index (χ1v) is 5.18. The first-order valence-electron chi connectivity index (χ1n) is 5.18. The highest BCUT2D eigenvalue weighted by molar-refractivity contribution is 5.77. The van der Waals surface area contributed by atoms with Crippen LogP contribution in [0.2, 0.25) is 0 Å². The standard InChI is InChI=1S/C10H22N2O3/c1-4-5-15-8-10(13)12(2)6-9(11)7-14-3/h9H,4-8,11H2,1-3H3. The molecule has 0 saturated carbocycles. The molecule has 90 valence electrons. The van der Waals surface area contributed by atoms with Gasteiger partial charge >= 0.3 is 0 Å². The summed E-state index contributed by atoms with van der Waals surface area (Å²) < 4.78 is 10.0. The van der Waals surface area contributed by atoms with E-state index >= 15 is 0 Å². The Bertz CT molecular complexity index is 176. The fraction of sp³-hybridized carbons (Fsp3) is 0.900. The van der Waals surface area contributed by atoms with Crippen LogP contribution in [-0.2, 0) is 14.3 Å². The van der Waals surface area contributed by atoms with Crippen molar-refractivity contribution in [2.24, 2.45) is 5.73 Å². The number of ether oxygens (including phenoxy) is 2. The molecule has 0 aliphatic rings. The quantitative estimate of drug-likeness (QED) is 0.575. The van der Waals surface area contributed by atoms with Gasteiger partial charge < -0.3 is 20.1 Å². The molecule has 15 heavy (non-hydrogen) atoms. The van der Waals surface area contributed by atoms with Crippen molar-refractivity contribution >= 4 is 5.91 Å². The number of rotatable bonds is 8. The summed E-state index contributed by atoms with van der Waals surface area (Å²) in [4.78, 5) is 13.0. The molecule has 5 heteroatoms. The van der Waals surface area contributed by atoms with Crippen LogP contribution in [0.1, 0.15) is 13.3 Å². The van der Waals surface area contributed by atoms with Crippen molar-refractivity contribution in [3.63, 3.8) is 0 Å². The van der Waals surface area contributed by atoms with Gasteiger partial charge in [-0.25, -0.2) is 0 Å². The average Bonchev–Trinajstić information content (AvgIpc) is 2.18. The van der Waals surface area contributed by atoms with Gasteiger partial charge in [0, 0.05) is 33.4 Å². The maximum Gasteiger partial charge on any atom is 0.248 e. The van der Waals surface area contributed by atoms with Crippen LogP contribution in [-0.4, -0.2) is 57.4 Å². The van der Waals surface area contributed by atoms with Gasteiger partial charge in [0.2, 0.25) is 5.91 Å². The summed E-state index contributed by atoms with van der Waals surface area (Å²) >= 11 is 0. The van der Waals surface area contributed by atoms with Crippen molar-refractivity contribution in [1.82, 2.24) is 4.90 Å². The normalized spacial score (nSPS) is 12.5. The second-order valence-electron chi connectivity index (χ2n) is 3.54. The molecule has 1 unspecified atom stereocenters. The summed E-state index contributed by atoms with van der Waals surface area (Å²) in [5.41, 5.74) is 5.72. The van der Waals surface area contributed by atoms with Crippen LogP contribution in [0.3, 0.4) is 0 Å². The van der Waals surface area contributed by atoms with Gasteiger partial charge in [0.15, 0.2) is 0 Å². The maximum atomic E-state index is 11.5. The smallest absolute Gasteiger partial charge is 0.248 e. The minimum Gasteiger partial charge on any atom is -0.383 e. The molecule has 0 radical (unpaired) electrons. The summed E-state index contributed by atoms with van der Waals surface area (Å²) in [5, 5.41) is 0. The SMILES string of the molecule is CCCOCC(=O)N(C)CC(N)COC. The second-order valence-corrected chi connectivity index (χ2v) is 3.54. The highest BCUT2D eigenvalue weighted by Crippen LogP contribution is 1.91. The predicted octanol–water partition coefficient (Wildman–Crippen LogP) is -0.155. The van der Waals surface area contributed by atoms with Crippen LogP contribution in [0, 0.1) is 0 Å². The molecule has 1 atom stereocenters. The Morgan fingerprint density at radius 1 is 1.53 bits per heavy atom. The van der Waals surface area contributed by atoms with E-state index in [1.165, 1.54) is 0 Å². The lowest BCUT2D eigenvalue weighted by Gasteiger charge is -2.20. The van der Waals surface area contributed by atoms with Crippen molar-refractivity contribution in [2.75, 3.05) is 40.5 Å². The van der Waals surface area contributed by atoms with E-state index in [-0.39, 0.29) is 18.6 Å². The number of hydrogen-bond donors (Lipinski definition) is 1. The number of methoxy groups -OCH3 is 1. The monoisotopic (exact) mass is 218 g/mol. The highest BCUT2D eigenvalue weighted by atomic mass is 16.5. The second kappa shape index (κ2) is 8.64. The number of hydrogen-bond acceptors (Lipinski definition) is 4. The summed E-state index contributed by atoms with van der Waals surface area (Å²) in [7, 11) is 3.30. The van der Waals surface area contributed by atoms with E-state index in [1.54, 1.807) is 19.1 Å². The highest BCUT2D eigenvalue weighted by Gasteiger charge is 2.12. The van der Waals surface area contributed by atoms with Crippen molar-refractivity contribution < 1.29 is 14.3 Å². The fourth-order valence-electron chi connectivity index (χ4n) is 1.13. The minimum atomic E-state index is -0.143. The lowest BCUT2D eigenvalue weighted by molar-refractivity contribution is -0.135. The van der Waals surface area contributed by atoms with Gasteiger partial charge in [0.05, 0.1) is 6.61 Å². The van der Waals surface area contributed by atoms with Crippen LogP contribution < -0.4 is 5.73 Å². The van der Waals surface area contributed by atoms with Gasteiger partial charge in [0.25, 0.3) is 0 Å². The molecule has 0 aliphatic carbocycles. The van der Waals surface area contributed by atoms with Crippen LogP contribution in [0.4, 0.5) is 0 Å². The Hall–Kier alpha value is -0.650. The van der Waals surface area contributed by atoms with Gasteiger partial charge in [-0.2, -0.15) is 0 Å². The molecule has 0 aliphatic heterocycles. The Morgan fingerprint density at radius 2 is 2.20 bits per heavy atom. The number of nitrogens with zero attached hydrogens (tertiary/aromatic N) is 1. The first-order chi connectivity index (χ1) is 7.11. The number of carbonyl (C=O) groups excluding carboxylic acids is 1. The zero-order chi connectivity index (χ0) is 11.7. The van der Waals surface area contributed by atoms with E-state index < -0.39 is 0 Å². The summed E-state index contributed by atoms with van der Waals surface area (Å²) in [5.74, 6) is -0.0463. The first kappa shape index (κ1) is 14.3. The van der Waals surface area contributed by atoms with Crippen molar-refractivity contribution in [3.8, 4) is 0 Å². The largest absolute Gasteiger partial charge is 0.383 e. The molecule has 0 saturated heterocycles. The Kier molecular flexibility index (Phi) is 8.27. The Balaban J connectivity index is 3.68. The topological polar surface area (TPSA) is 64.8 Å². The lowest BCUT2D eigenvalue weighted by Crippen LogP contribution is -2.42. The Morgan fingerprint density at radius 3 is 2.73 bits per heavy atom. The Labute approximate surface area is 91.5 Å². The minimum absolute atomic E-state index is 0.0463. The molecule has 0 bridgehead atoms. The van der Waals surface area contributed by atoms with E-state index in [2.05, 4.69) is 0 Å². The molecule has 0 aromatic heterocycles. The third-order valence-corrected chi connectivity index (χ3v) is 1.89. The molecule has 5 nitrogen and oxygen atoms in total. The van der Waals surface area contributed by atoms with Crippen molar-refractivity contribution in [2.45, 2.75) is 19.4 Å². The molecule has 1 amide bonds. The zero-order valence-electron chi connectivity index (χ0n) is 9.86. The van der Waals surface area contributed by atoms with E-state index in [1.807, 2.05) is 6.92 Å². The molecule has 0 rings (SSSR count). The zero-order valence-corrected chi connectivity index (χ0v) is 9.86. The molecule has 0 spiro atoms. The van der Waals surface area contributed by atoms with Crippen LogP contribution in [0.25, 0.3) is 0 Å². The van der Waals surface area contributed by atoms with Crippen LogP contribution >= 0.6 is 0 Å². The van der Waals surface area contributed by atoms with Crippen LogP contribution in [0.15, 0.2) is 0 Å². The molecule has 0 heterocycles. The van der Waals surface area contributed by atoms with E-state index in [0.29, 0.717) is 19.8 Å². The average molecular weight is 218 g/mol. The summed E-state index contributed by atoms with van der Waals surface area (Å²) in [6.45, 7) is 3.69. The summed E-state index contributed by atoms with van der Waals surface area (Å²) in [6, 6.07) is -0.143. The van der Waals surface area contributed by atoms with E-state index in [0.717, 1.165) is 6.42 Å². The summed E-state index contributed by atoms with van der Waals surface area (Å²) in [6.07, 6.45) is 0.917. The van der Waals surface area contributed by atoms with Gasteiger partial charge in [0.1, 0.15) is 6.61 Å². The number of carbonyl (C=O) groups is 1. The lowest BCUT2D eigenvalue weighted by atomic mass is 10.3. The third kappa shape index (κ3) is 7.30. The third-order valence-electron chi connectivity index (χ3n) is 1.89.